The molecule has 0 spiro atoms. The second-order valence-corrected chi connectivity index (χ2v) is 4.79. The van der Waals surface area contributed by atoms with E-state index in [0.29, 0.717) is 5.95 Å². The molecule has 0 aliphatic carbocycles. The summed E-state index contributed by atoms with van der Waals surface area (Å²) in [5, 5.41) is 3.30. The molecule has 1 N–H and O–H groups in total. The van der Waals surface area contributed by atoms with Crippen LogP contribution in [0.15, 0.2) is 12.3 Å². The lowest BCUT2D eigenvalue weighted by molar-refractivity contribution is 0.0398. The van der Waals surface area contributed by atoms with Gasteiger partial charge in [-0.2, -0.15) is 4.98 Å². The maximum absolute atomic E-state index is 5.34. The maximum atomic E-state index is 5.34. The normalized spacial score (nSPS) is 16.1. The van der Waals surface area contributed by atoms with E-state index in [0.717, 1.165) is 58.3 Å². The molecule has 0 radical (unpaired) electrons. The van der Waals surface area contributed by atoms with Crippen molar-refractivity contribution in [2.45, 2.75) is 13.8 Å². The van der Waals surface area contributed by atoms with E-state index in [1.807, 2.05) is 12.3 Å². The van der Waals surface area contributed by atoms with Crippen molar-refractivity contribution < 1.29 is 4.74 Å². The molecule has 1 fully saturated rings. The Morgan fingerprint density at radius 3 is 2.75 bits per heavy atom. The van der Waals surface area contributed by atoms with Gasteiger partial charge in [-0.05, 0) is 19.9 Å². The van der Waals surface area contributed by atoms with Gasteiger partial charge < -0.3 is 15.0 Å². The molecular formula is C14H25N5O. The van der Waals surface area contributed by atoms with Gasteiger partial charge in [0.1, 0.15) is 5.82 Å². The summed E-state index contributed by atoms with van der Waals surface area (Å²) in [5.41, 5.74) is 0. The summed E-state index contributed by atoms with van der Waals surface area (Å²) in [7, 11) is 0. The predicted octanol–water partition coefficient (Wildman–Crippen LogP) is 1.07. The zero-order valence-corrected chi connectivity index (χ0v) is 12.5. The first kappa shape index (κ1) is 15.0. The number of nitrogens with one attached hydrogen (secondary N) is 1. The number of ether oxygens (including phenoxy) is 1. The fourth-order valence-electron chi connectivity index (χ4n) is 2.31. The highest BCUT2D eigenvalue weighted by Crippen LogP contribution is 2.11. The van der Waals surface area contributed by atoms with Crippen molar-refractivity contribution in [1.82, 2.24) is 14.9 Å². The van der Waals surface area contributed by atoms with Crippen LogP contribution in [0.3, 0.4) is 0 Å². The molecule has 0 bridgehead atoms. The minimum absolute atomic E-state index is 0.711. The van der Waals surface area contributed by atoms with E-state index in [9.17, 15) is 0 Å². The molecule has 1 aromatic heterocycles. The highest BCUT2D eigenvalue weighted by Gasteiger charge is 2.10. The van der Waals surface area contributed by atoms with E-state index in [-0.39, 0.29) is 0 Å². The first-order chi connectivity index (χ1) is 9.83. The van der Waals surface area contributed by atoms with E-state index in [2.05, 4.69) is 38.9 Å². The number of hydrogen-bond donors (Lipinski definition) is 1. The Bertz CT molecular complexity index is 391. The molecule has 2 heterocycles. The zero-order valence-electron chi connectivity index (χ0n) is 12.5. The Morgan fingerprint density at radius 2 is 2.05 bits per heavy atom. The van der Waals surface area contributed by atoms with E-state index < -0.39 is 0 Å². The van der Waals surface area contributed by atoms with Crippen molar-refractivity contribution in [3.63, 3.8) is 0 Å². The summed E-state index contributed by atoms with van der Waals surface area (Å²) in [6.45, 7) is 11.8. The van der Waals surface area contributed by atoms with Gasteiger partial charge >= 0.3 is 0 Å². The van der Waals surface area contributed by atoms with Gasteiger partial charge in [0.2, 0.25) is 5.95 Å². The molecule has 6 heteroatoms. The first-order valence-electron chi connectivity index (χ1n) is 7.45. The largest absolute Gasteiger partial charge is 0.379 e. The highest BCUT2D eigenvalue weighted by molar-refractivity contribution is 5.42. The van der Waals surface area contributed by atoms with Crippen LogP contribution in [0, 0.1) is 0 Å². The standard InChI is InChI=1S/C14H25N5O/c1-3-19(4-2)13-5-6-15-14(17-13)16-7-8-18-9-11-20-12-10-18/h5-6H,3-4,7-12H2,1-2H3,(H,15,16,17). The number of anilines is 2. The molecule has 1 saturated heterocycles. The lowest BCUT2D eigenvalue weighted by Gasteiger charge is -2.26. The second-order valence-electron chi connectivity index (χ2n) is 4.79. The third-order valence-corrected chi connectivity index (χ3v) is 3.54. The van der Waals surface area contributed by atoms with E-state index in [4.69, 9.17) is 4.74 Å². The van der Waals surface area contributed by atoms with Crippen molar-refractivity contribution in [2.24, 2.45) is 0 Å². The molecule has 112 valence electrons. The zero-order chi connectivity index (χ0) is 14.2. The van der Waals surface area contributed by atoms with Gasteiger partial charge in [-0.15, -0.1) is 0 Å². The van der Waals surface area contributed by atoms with Gasteiger partial charge in [0.25, 0.3) is 0 Å². The summed E-state index contributed by atoms with van der Waals surface area (Å²) in [4.78, 5) is 13.4. The summed E-state index contributed by atoms with van der Waals surface area (Å²) in [5.74, 6) is 1.70. The van der Waals surface area contributed by atoms with Crippen LogP contribution in [0.25, 0.3) is 0 Å². The molecular weight excluding hydrogens is 254 g/mol. The highest BCUT2D eigenvalue weighted by atomic mass is 16.5. The molecule has 6 nitrogen and oxygen atoms in total. The van der Waals surface area contributed by atoms with Crippen molar-refractivity contribution in [3.05, 3.63) is 12.3 Å². The molecule has 0 amide bonds. The Kier molecular flexibility index (Phi) is 6.01. The monoisotopic (exact) mass is 279 g/mol. The molecule has 1 aliphatic heterocycles. The number of aromatic nitrogens is 2. The first-order valence-corrected chi connectivity index (χ1v) is 7.45. The summed E-state index contributed by atoms with van der Waals surface area (Å²) < 4.78 is 5.34. The van der Waals surface area contributed by atoms with Crippen LogP contribution in [0.4, 0.5) is 11.8 Å². The van der Waals surface area contributed by atoms with E-state index in [1.54, 1.807) is 0 Å². The third-order valence-electron chi connectivity index (χ3n) is 3.54. The average Bonchev–Trinajstić information content (AvgIpc) is 2.50. The number of morpholine rings is 1. The number of hydrogen-bond acceptors (Lipinski definition) is 6. The van der Waals surface area contributed by atoms with Gasteiger partial charge in [0.15, 0.2) is 0 Å². The topological polar surface area (TPSA) is 53.5 Å². The maximum Gasteiger partial charge on any atom is 0.224 e. The van der Waals surface area contributed by atoms with Crippen LogP contribution in [0.2, 0.25) is 0 Å². The summed E-state index contributed by atoms with van der Waals surface area (Å²) in [6.07, 6.45) is 1.82. The fraction of sp³-hybridized carbons (Fsp3) is 0.714. The fourth-order valence-corrected chi connectivity index (χ4v) is 2.31. The van der Waals surface area contributed by atoms with Gasteiger partial charge in [0, 0.05) is 45.5 Å². The smallest absolute Gasteiger partial charge is 0.224 e. The third kappa shape index (κ3) is 4.31. The number of nitrogens with zero attached hydrogens (tertiary/aromatic N) is 4. The van der Waals surface area contributed by atoms with Crippen LogP contribution in [-0.4, -0.2) is 67.4 Å². The van der Waals surface area contributed by atoms with Crippen molar-refractivity contribution in [2.75, 3.05) is 62.7 Å². The summed E-state index contributed by atoms with van der Waals surface area (Å²) in [6, 6.07) is 1.96. The lowest BCUT2D eigenvalue weighted by Crippen LogP contribution is -2.39. The van der Waals surface area contributed by atoms with Crippen LogP contribution >= 0.6 is 0 Å². The molecule has 0 aromatic carbocycles. The van der Waals surface area contributed by atoms with Crippen LogP contribution in [-0.2, 0) is 4.74 Å². The number of rotatable bonds is 7. The Morgan fingerprint density at radius 1 is 1.30 bits per heavy atom. The minimum Gasteiger partial charge on any atom is -0.379 e. The Balaban J connectivity index is 1.81. The summed E-state index contributed by atoms with van der Waals surface area (Å²) >= 11 is 0. The van der Waals surface area contributed by atoms with Gasteiger partial charge in [-0.3, -0.25) is 4.90 Å². The van der Waals surface area contributed by atoms with Crippen molar-refractivity contribution >= 4 is 11.8 Å². The Labute approximate surface area is 121 Å². The van der Waals surface area contributed by atoms with E-state index >= 15 is 0 Å². The van der Waals surface area contributed by atoms with Crippen molar-refractivity contribution in [1.29, 1.82) is 0 Å². The quantitative estimate of drug-likeness (QED) is 0.806. The minimum atomic E-state index is 0.711. The molecule has 0 atom stereocenters. The molecule has 2 rings (SSSR count). The second kappa shape index (κ2) is 8.01. The van der Waals surface area contributed by atoms with Crippen molar-refractivity contribution in [3.8, 4) is 0 Å². The van der Waals surface area contributed by atoms with Crippen LogP contribution in [0.1, 0.15) is 13.8 Å². The van der Waals surface area contributed by atoms with Crippen LogP contribution in [0.5, 0.6) is 0 Å². The van der Waals surface area contributed by atoms with Gasteiger partial charge in [-0.1, -0.05) is 0 Å². The molecule has 0 saturated carbocycles. The SMILES string of the molecule is CCN(CC)c1ccnc(NCCN2CCOCC2)n1. The Hall–Kier alpha value is -1.40. The van der Waals surface area contributed by atoms with E-state index in [1.165, 1.54) is 0 Å². The molecule has 20 heavy (non-hydrogen) atoms. The lowest BCUT2D eigenvalue weighted by atomic mass is 10.4. The van der Waals surface area contributed by atoms with Gasteiger partial charge in [0.05, 0.1) is 13.2 Å². The average molecular weight is 279 g/mol. The van der Waals surface area contributed by atoms with Gasteiger partial charge in [-0.25, -0.2) is 4.98 Å². The predicted molar refractivity (Wildman–Crippen MR) is 81.3 cm³/mol. The molecule has 1 aliphatic rings. The van der Waals surface area contributed by atoms with Crippen LogP contribution < -0.4 is 10.2 Å². The molecule has 1 aromatic rings. The molecule has 0 unspecified atom stereocenters.